The third-order valence-electron chi connectivity index (χ3n) is 1.21. The van der Waals surface area contributed by atoms with Gasteiger partial charge < -0.3 is 4.74 Å². The van der Waals surface area contributed by atoms with Gasteiger partial charge in [-0.15, -0.1) is 6.42 Å². The predicted molar refractivity (Wildman–Crippen MR) is 51.4 cm³/mol. The van der Waals surface area contributed by atoms with Gasteiger partial charge in [0.05, 0.1) is 0 Å². The Hall–Kier alpha value is -1.05. The van der Waals surface area contributed by atoms with E-state index in [1.807, 2.05) is 0 Å². The monoisotopic (exact) mass is 215 g/mol. The smallest absolute Gasteiger partial charge is 0.276 e. The van der Waals surface area contributed by atoms with E-state index in [0.717, 1.165) is 11.3 Å². The predicted octanol–water partition coefficient (Wildman–Crippen LogP) is 2.01. The number of ether oxygens (including phenoxy) is 1. The van der Waals surface area contributed by atoms with Gasteiger partial charge in [0, 0.05) is 0 Å². The first-order valence-corrected chi connectivity index (χ1v) is 4.61. The summed E-state index contributed by atoms with van der Waals surface area (Å²) in [5.41, 5.74) is 0. The van der Waals surface area contributed by atoms with E-state index >= 15 is 0 Å². The Morgan fingerprint density at radius 1 is 1.85 bits per heavy atom. The van der Waals surface area contributed by atoms with Crippen LogP contribution < -0.4 is 4.74 Å². The molecule has 5 heteroatoms. The fourth-order valence-corrected chi connectivity index (χ4v) is 1.59. The van der Waals surface area contributed by atoms with E-state index in [9.17, 15) is 4.79 Å². The van der Waals surface area contributed by atoms with Gasteiger partial charge in [-0.3, -0.25) is 4.79 Å². The maximum absolute atomic E-state index is 10.4. The van der Waals surface area contributed by atoms with Gasteiger partial charge in [0.15, 0.2) is 17.5 Å². The van der Waals surface area contributed by atoms with E-state index in [1.54, 1.807) is 6.92 Å². The van der Waals surface area contributed by atoms with Gasteiger partial charge in [-0.1, -0.05) is 28.9 Å². The standard InChI is InChI=1S/C8H6ClNO2S/c1-3-5(2)12-8-10-7(9)6(4-11)13-8/h1,4-5H,2H3. The van der Waals surface area contributed by atoms with E-state index < -0.39 is 0 Å². The fourth-order valence-electron chi connectivity index (χ4n) is 0.603. The second kappa shape index (κ2) is 4.26. The molecule has 0 amide bonds. The minimum absolute atomic E-state index is 0.152. The molecular formula is C8H6ClNO2S. The van der Waals surface area contributed by atoms with E-state index in [2.05, 4.69) is 10.9 Å². The Labute approximate surface area is 84.7 Å². The number of nitrogens with zero attached hydrogens (tertiary/aromatic N) is 1. The number of hydrogen-bond donors (Lipinski definition) is 0. The molecule has 1 aromatic rings. The van der Waals surface area contributed by atoms with Crippen molar-refractivity contribution >= 4 is 29.2 Å². The summed E-state index contributed by atoms with van der Waals surface area (Å²) in [7, 11) is 0. The molecule has 1 atom stereocenters. The Bertz CT molecular complexity index is 356. The van der Waals surface area contributed by atoms with E-state index in [4.69, 9.17) is 22.8 Å². The Morgan fingerprint density at radius 3 is 3.00 bits per heavy atom. The molecule has 0 saturated carbocycles. The van der Waals surface area contributed by atoms with Crippen LogP contribution in [0, 0.1) is 12.3 Å². The second-order valence-corrected chi connectivity index (χ2v) is 3.53. The van der Waals surface area contributed by atoms with Crippen molar-refractivity contribution in [2.24, 2.45) is 0 Å². The highest BCUT2D eigenvalue weighted by Gasteiger charge is 2.10. The first-order valence-electron chi connectivity index (χ1n) is 3.41. The van der Waals surface area contributed by atoms with Crippen LogP contribution in [0.1, 0.15) is 16.6 Å². The quantitative estimate of drug-likeness (QED) is 0.572. The summed E-state index contributed by atoms with van der Waals surface area (Å²) in [4.78, 5) is 14.5. The number of carbonyl (C=O) groups excluding carboxylic acids is 1. The number of terminal acetylenes is 1. The minimum atomic E-state index is -0.373. The molecule has 0 saturated heterocycles. The number of carbonyl (C=O) groups is 1. The highest BCUT2D eigenvalue weighted by atomic mass is 35.5. The summed E-state index contributed by atoms with van der Waals surface area (Å²) in [6, 6.07) is 0. The molecule has 13 heavy (non-hydrogen) atoms. The lowest BCUT2D eigenvalue weighted by atomic mass is 10.4. The molecule has 0 aliphatic carbocycles. The van der Waals surface area contributed by atoms with Crippen molar-refractivity contribution in [1.29, 1.82) is 0 Å². The van der Waals surface area contributed by atoms with Crippen LogP contribution in [0.15, 0.2) is 0 Å². The zero-order valence-corrected chi connectivity index (χ0v) is 8.35. The van der Waals surface area contributed by atoms with Crippen LogP contribution in [0.3, 0.4) is 0 Å². The Kier molecular flexibility index (Phi) is 3.29. The average Bonchev–Trinajstić information content (AvgIpc) is 2.46. The molecule has 0 spiro atoms. The van der Waals surface area contributed by atoms with Gasteiger partial charge in [-0.25, -0.2) is 0 Å². The number of aldehydes is 1. The molecule has 68 valence electrons. The van der Waals surface area contributed by atoms with Gasteiger partial charge in [0.1, 0.15) is 4.88 Å². The zero-order chi connectivity index (χ0) is 9.84. The van der Waals surface area contributed by atoms with Crippen molar-refractivity contribution in [2.75, 3.05) is 0 Å². The molecule has 1 heterocycles. The summed E-state index contributed by atoms with van der Waals surface area (Å²) in [5, 5.41) is 0.469. The van der Waals surface area contributed by atoms with Gasteiger partial charge in [-0.05, 0) is 6.92 Å². The molecule has 0 aromatic carbocycles. The van der Waals surface area contributed by atoms with Gasteiger partial charge in [0.2, 0.25) is 0 Å². The third-order valence-corrected chi connectivity index (χ3v) is 2.48. The van der Waals surface area contributed by atoms with Crippen molar-refractivity contribution in [3.63, 3.8) is 0 Å². The summed E-state index contributed by atoms with van der Waals surface area (Å²) >= 11 is 6.68. The molecule has 1 rings (SSSR count). The first kappa shape index (κ1) is 10.0. The van der Waals surface area contributed by atoms with Crippen LogP contribution in [0.25, 0.3) is 0 Å². The molecule has 0 N–H and O–H groups in total. The average molecular weight is 216 g/mol. The lowest BCUT2D eigenvalue weighted by Crippen LogP contribution is -2.07. The number of halogens is 1. The normalized spacial score (nSPS) is 11.8. The Morgan fingerprint density at radius 2 is 2.54 bits per heavy atom. The molecule has 0 aliphatic heterocycles. The largest absolute Gasteiger partial charge is 0.454 e. The Balaban J connectivity index is 2.80. The van der Waals surface area contributed by atoms with E-state index in [1.165, 1.54) is 0 Å². The van der Waals surface area contributed by atoms with Crippen LogP contribution in [0.4, 0.5) is 0 Å². The first-order chi connectivity index (χ1) is 6.17. The molecule has 1 unspecified atom stereocenters. The van der Waals surface area contributed by atoms with E-state index in [-0.39, 0.29) is 11.3 Å². The van der Waals surface area contributed by atoms with Crippen molar-refractivity contribution < 1.29 is 9.53 Å². The van der Waals surface area contributed by atoms with Crippen molar-refractivity contribution in [2.45, 2.75) is 13.0 Å². The summed E-state index contributed by atoms with van der Waals surface area (Å²) in [6.07, 6.45) is 5.36. The molecule has 0 radical (unpaired) electrons. The maximum atomic E-state index is 10.4. The van der Waals surface area contributed by atoms with Crippen molar-refractivity contribution in [3.8, 4) is 17.5 Å². The molecule has 0 aliphatic rings. The fraction of sp³-hybridized carbons (Fsp3) is 0.250. The molecule has 3 nitrogen and oxygen atoms in total. The van der Waals surface area contributed by atoms with Crippen LogP contribution in [0.2, 0.25) is 5.15 Å². The number of hydrogen-bond acceptors (Lipinski definition) is 4. The summed E-state index contributed by atoms with van der Waals surface area (Å²) in [5.74, 6) is 2.37. The van der Waals surface area contributed by atoms with Crippen molar-refractivity contribution in [1.82, 2.24) is 4.98 Å². The van der Waals surface area contributed by atoms with Crippen LogP contribution in [-0.2, 0) is 0 Å². The van der Waals surface area contributed by atoms with Crippen LogP contribution in [0.5, 0.6) is 5.19 Å². The zero-order valence-electron chi connectivity index (χ0n) is 6.78. The third kappa shape index (κ3) is 2.44. The topological polar surface area (TPSA) is 39.2 Å². The summed E-state index contributed by atoms with van der Waals surface area (Å²) in [6.45, 7) is 1.70. The van der Waals surface area contributed by atoms with E-state index in [0.29, 0.717) is 16.4 Å². The molecule has 0 bridgehead atoms. The second-order valence-electron chi connectivity index (χ2n) is 2.18. The molecule has 0 fully saturated rings. The maximum Gasteiger partial charge on any atom is 0.276 e. The minimum Gasteiger partial charge on any atom is -0.454 e. The van der Waals surface area contributed by atoms with Crippen LogP contribution in [-0.4, -0.2) is 17.4 Å². The molecule has 1 aromatic heterocycles. The number of rotatable bonds is 3. The van der Waals surface area contributed by atoms with Gasteiger partial charge >= 0.3 is 0 Å². The van der Waals surface area contributed by atoms with Crippen LogP contribution >= 0.6 is 22.9 Å². The van der Waals surface area contributed by atoms with Crippen molar-refractivity contribution in [3.05, 3.63) is 10.0 Å². The molecular weight excluding hydrogens is 210 g/mol. The SMILES string of the molecule is C#CC(C)Oc1nc(Cl)c(C=O)s1. The van der Waals surface area contributed by atoms with Gasteiger partial charge in [0.25, 0.3) is 5.19 Å². The highest BCUT2D eigenvalue weighted by Crippen LogP contribution is 2.27. The number of thiazole rings is 1. The highest BCUT2D eigenvalue weighted by molar-refractivity contribution is 7.15. The lowest BCUT2D eigenvalue weighted by Gasteiger charge is -2.02. The lowest BCUT2D eigenvalue weighted by molar-refractivity contribution is 0.112. The number of aromatic nitrogens is 1. The van der Waals surface area contributed by atoms with Gasteiger partial charge in [-0.2, -0.15) is 4.98 Å². The summed E-state index contributed by atoms with van der Waals surface area (Å²) < 4.78 is 5.15.